The third-order valence-corrected chi connectivity index (χ3v) is 5.86. The maximum Gasteiger partial charge on any atom is 0.0798 e. The van der Waals surface area contributed by atoms with Gasteiger partial charge in [-0.1, -0.05) is 38.1 Å². The number of nitrogens with zero attached hydrogens (tertiary/aromatic N) is 1. The molecule has 0 amide bonds. The van der Waals surface area contributed by atoms with Gasteiger partial charge in [0.15, 0.2) is 0 Å². The summed E-state index contributed by atoms with van der Waals surface area (Å²) in [6, 6.07) is 9.73. The molecule has 21 heavy (non-hydrogen) atoms. The fourth-order valence-electron chi connectivity index (χ4n) is 3.49. The van der Waals surface area contributed by atoms with Crippen LogP contribution in [0.15, 0.2) is 29.8 Å². The highest BCUT2D eigenvalue weighted by atomic mass is 32.1. The van der Waals surface area contributed by atoms with E-state index in [0.29, 0.717) is 17.5 Å². The van der Waals surface area contributed by atoms with E-state index in [-0.39, 0.29) is 0 Å². The Morgan fingerprint density at radius 1 is 1.33 bits per heavy atom. The molecule has 1 N–H and O–H groups in total. The number of thiazole rings is 1. The highest BCUT2D eigenvalue weighted by molar-refractivity contribution is 7.09. The zero-order valence-corrected chi connectivity index (χ0v) is 14.1. The molecule has 0 fully saturated rings. The quantitative estimate of drug-likeness (QED) is 0.870. The summed E-state index contributed by atoms with van der Waals surface area (Å²) in [4.78, 5) is 5.74. The van der Waals surface area contributed by atoms with Crippen LogP contribution >= 0.6 is 11.3 Å². The molecule has 2 nitrogen and oxygen atoms in total. The predicted octanol–water partition coefficient (Wildman–Crippen LogP) is 4.91. The third-order valence-electron chi connectivity index (χ3n) is 4.75. The predicted molar refractivity (Wildman–Crippen MR) is 89.8 cm³/mol. The number of hydrogen-bond acceptors (Lipinski definition) is 3. The second kappa shape index (κ2) is 5.54. The first kappa shape index (κ1) is 14.7. The Balaban J connectivity index is 1.86. The average molecular weight is 300 g/mol. The molecular weight excluding hydrogens is 276 g/mol. The van der Waals surface area contributed by atoms with Gasteiger partial charge in [-0.2, -0.15) is 0 Å². The minimum absolute atomic E-state index is 0.290. The standard InChI is InChI=1S/C18H24N2S/c1-12-17(21-11-19-12)13(2)20-16-9-10-18(3,4)15-8-6-5-7-14(15)16/h5-8,11,13,16,20H,9-10H2,1-4H3. The Hall–Kier alpha value is -1.19. The van der Waals surface area contributed by atoms with Gasteiger partial charge in [0.2, 0.25) is 0 Å². The Morgan fingerprint density at radius 3 is 2.81 bits per heavy atom. The van der Waals surface area contributed by atoms with Crippen molar-refractivity contribution in [3.63, 3.8) is 0 Å². The minimum Gasteiger partial charge on any atom is -0.303 e. The van der Waals surface area contributed by atoms with Crippen LogP contribution < -0.4 is 5.32 Å². The number of aryl methyl sites for hydroxylation is 1. The van der Waals surface area contributed by atoms with Crippen LogP contribution in [0.5, 0.6) is 0 Å². The average Bonchev–Trinajstić information content (AvgIpc) is 2.89. The van der Waals surface area contributed by atoms with Crippen molar-refractivity contribution in [2.75, 3.05) is 0 Å². The second-order valence-corrected chi connectivity index (χ2v) is 7.64. The third kappa shape index (κ3) is 2.77. The fourth-order valence-corrected chi connectivity index (χ4v) is 4.31. The Labute approximate surface area is 131 Å². The first-order valence-electron chi connectivity index (χ1n) is 7.74. The maximum absolute atomic E-state index is 4.38. The van der Waals surface area contributed by atoms with Gasteiger partial charge in [0.05, 0.1) is 11.2 Å². The molecule has 1 aromatic heterocycles. The molecule has 0 radical (unpaired) electrons. The first-order chi connectivity index (χ1) is 9.99. The van der Waals surface area contributed by atoms with Gasteiger partial charge < -0.3 is 5.32 Å². The summed E-state index contributed by atoms with van der Waals surface area (Å²) < 4.78 is 0. The molecule has 3 heteroatoms. The smallest absolute Gasteiger partial charge is 0.0798 e. The van der Waals surface area contributed by atoms with Crippen molar-refractivity contribution < 1.29 is 0 Å². The van der Waals surface area contributed by atoms with Crippen molar-refractivity contribution in [2.45, 2.75) is 58.0 Å². The normalized spacial score (nSPS) is 21.8. The largest absolute Gasteiger partial charge is 0.303 e. The van der Waals surface area contributed by atoms with Crippen LogP contribution in [0.1, 0.15) is 67.4 Å². The summed E-state index contributed by atoms with van der Waals surface area (Å²) in [6.45, 7) is 9.07. The molecule has 3 rings (SSSR count). The van der Waals surface area contributed by atoms with Crippen LogP contribution in [0.25, 0.3) is 0 Å². The number of nitrogens with one attached hydrogen (secondary N) is 1. The van der Waals surface area contributed by atoms with Crippen LogP contribution in [0.3, 0.4) is 0 Å². The molecule has 1 aliphatic carbocycles. The van der Waals surface area contributed by atoms with Gasteiger partial charge in [-0.05, 0) is 43.2 Å². The molecule has 2 unspecified atom stereocenters. The summed E-state index contributed by atoms with van der Waals surface area (Å²) in [5.74, 6) is 0. The highest BCUT2D eigenvalue weighted by Crippen LogP contribution is 2.42. The molecule has 1 heterocycles. The first-order valence-corrected chi connectivity index (χ1v) is 8.62. The summed E-state index contributed by atoms with van der Waals surface area (Å²) in [5, 5.41) is 3.83. The summed E-state index contributed by atoms with van der Waals surface area (Å²) >= 11 is 1.75. The van der Waals surface area contributed by atoms with Crippen molar-refractivity contribution in [2.24, 2.45) is 0 Å². The summed E-state index contributed by atoms with van der Waals surface area (Å²) in [6.07, 6.45) is 2.43. The van der Waals surface area contributed by atoms with E-state index in [0.717, 1.165) is 5.69 Å². The monoisotopic (exact) mass is 300 g/mol. The van der Waals surface area contributed by atoms with E-state index in [1.165, 1.54) is 28.8 Å². The molecule has 0 saturated carbocycles. The Kier molecular flexibility index (Phi) is 3.89. The SMILES string of the molecule is Cc1ncsc1C(C)NC1CCC(C)(C)c2ccccc21. The molecule has 1 aromatic carbocycles. The van der Waals surface area contributed by atoms with Crippen LogP contribution in [0, 0.1) is 6.92 Å². The van der Waals surface area contributed by atoms with Gasteiger partial charge in [0.1, 0.15) is 0 Å². The van der Waals surface area contributed by atoms with Crippen molar-refractivity contribution >= 4 is 11.3 Å². The van der Waals surface area contributed by atoms with E-state index in [9.17, 15) is 0 Å². The van der Waals surface area contributed by atoms with Crippen LogP contribution in [-0.2, 0) is 5.41 Å². The molecule has 0 saturated heterocycles. The lowest BCUT2D eigenvalue weighted by molar-refractivity contribution is 0.341. The molecule has 2 aromatic rings. The number of hydrogen-bond donors (Lipinski definition) is 1. The molecule has 0 bridgehead atoms. The molecular formula is C18H24N2S. The van der Waals surface area contributed by atoms with Gasteiger partial charge in [-0.15, -0.1) is 11.3 Å². The lowest BCUT2D eigenvalue weighted by atomic mass is 9.71. The summed E-state index contributed by atoms with van der Waals surface area (Å²) in [7, 11) is 0. The van der Waals surface area contributed by atoms with Gasteiger partial charge in [0, 0.05) is 17.0 Å². The van der Waals surface area contributed by atoms with E-state index in [2.05, 4.69) is 62.3 Å². The van der Waals surface area contributed by atoms with Gasteiger partial charge in [-0.3, -0.25) is 0 Å². The summed E-state index contributed by atoms with van der Waals surface area (Å²) in [5.41, 5.74) is 6.37. The Bertz CT molecular complexity index is 630. The molecule has 112 valence electrons. The van der Waals surface area contributed by atoms with Crippen molar-refractivity contribution in [3.8, 4) is 0 Å². The van der Waals surface area contributed by atoms with Gasteiger partial charge in [0.25, 0.3) is 0 Å². The van der Waals surface area contributed by atoms with Crippen molar-refractivity contribution in [1.82, 2.24) is 10.3 Å². The van der Waals surface area contributed by atoms with E-state index >= 15 is 0 Å². The van der Waals surface area contributed by atoms with E-state index < -0.39 is 0 Å². The topological polar surface area (TPSA) is 24.9 Å². The van der Waals surface area contributed by atoms with Crippen LogP contribution in [0.2, 0.25) is 0 Å². The lowest BCUT2D eigenvalue weighted by Crippen LogP contribution is -2.33. The van der Waals surface area contributed by atoms with E-state index in [1.54, 1.807) is 11.3 Å². The van der Waals surface area contributed by atoms with Crippen molar-refractivity contribution in [3.05, 3.63) is 51.5 Å². The highest BCUT2D eigenvalue weighted by Gasteiger charge is 2.32. The number of benzene rings is 1. The number of fused-ring (bicyclic) bond motifs is 1. The number of rotatable bonds is 3. The van der Waals surface area contributed by atoms with Gasteiger partial charge in [-0.25, -0.2) is 4.98 Å². The minimum atomic E-state index is 0.290. The van der Waals surface area contributed by atoms with Gasteiger partial charge >= 0.3 is 0 Å². The zero-order valence-electron chi connectivity index (χ0n) is 13.3. The zero-order chi connectivity index (χ0) is 15.0. The van der Waals surface area contributed by atoms with Crippen LogP contribution in [0.4, 0.5) is 0 Å². The van der Waals surface area contributed by atoms with Crippen molar-refractivity contribution in [1.29, 1.82) is 0 Å². The second-order valence-electron chi connectivity index (χ2n) is 6.75. The molecule has 0 spiro atoms. The molecule has 0 aliphatic heterocycles. The number of aromatic nitrogens is 1. The van der Waals surface area contributed by atoms with E-state index in [4.69, 9.17) is 0 Å². The Morgan fingerprint density at radius 2 is 2.10 bits per heavy atom. The van der Waals surface area contributed by atoms with E-state index in [1.807, 2.05) is 5.51 Å². The van der Waals surface area contributed by atoms with Crippen LogP contribution in [-0.4, -0.2) is 4.98 Å². The maximum atomic E-state index is 4.38. The fraction of sp³-hybridized carbons (Fsp3) is 0.500. The molecule has 1 aliphatic rings. The molecule has 2 atom stereocenters. The lowest BCUT2D eigenvalue weighted by Gasteiger charge is -2.38.